The number of aliphatic carboxylic acids is 1. The Morgan fingerprint density at radius 1 is 1.65 bits per heavy atom. The summed E-state index contributed by atoms with van der Waals surface area (Å²) in [6.45, 7) is 2.46. The Morgan fingerprint density at radius 2 is 2.41 bits per heavy atom. The van der Waals surface area contributed by atoms with Crippen LogP contribution in [0.3, 0.4) is 0 Å². The topological polar surface area (TPSA) is 71.5 Å². The van der Waals surface area contributed by atoms with Crippen molar-refractivity contribution in [3.63, 3.8) is 0 Å². The number of methoxy groups -OCH3 is 1. The first-order valence-electron chi connectivity index (χ1n) is 5.60. The van der Waals surface area contributed by atoms with Crippen molar-refractivity contribution in [2.75, 3.05) is 19.0 Å². The number of hydrogen-bond acceptors (Lipinski definition) is 4. The number of hydrogen-bond donors (Lipinski definition) is 2. The zero-order chi connectivity index (χ0) is 12.7. The molecule has 5 heteroatoms. The molecule has 0 bridgehead atoms. The van der Waals surface area contributed by atoms with Crippen LogP contribution in [0.5, 0.6) is 5.88 Å². The molecule has 0 aromatic carbocycles. The first kappa shape index (κ1) is 13.3. The lowest BCUT2D eigenvalue weighted by molar-refractivity contribution is -0.141. The van der Waals surface area contributed by atoms with E-state index in [1.54, 1.807) is 26.3 Å². The van der Waals surface area contributed by atoms with Gasteiger partial charge in [0.25, 0.3) is 0 Å². The molecule has 1 aromatic rings. The number of rotatable bonds is 7. The van der Waals surface area contributed by atoms with E-state index < -0.39 is 5.97 Å². The largest absolute Gasteiger partial charge is 0.481 e. The fraction of sp³-hybridized carbons (Fsp3) is 0.500. The molecule has 0 aliphatic carbocycles. The van der Waals surface area contributed by atoms with Gasteiger partial charge in [0.1, 0.15) is 0 Å². The van der Waals surface area contributed by atoms with E-state index in [0.717, 1.165) is 18.7 Å². The first-order chi connectivity index (χ1) is 8.13. The summed E-state index contributed by atoms with van der Waals surface area (Å²) in [6, 6.07) is 3.66. The third-order valence-electron chi connectivity index (χ3n) is 2.51. The Bertz CT molecular complexity index is 369. The number of carboxylic acids is 1. The molecule has 0 fully saturated rings. The van der Waals surface area contributed by atoms with Crippen LogP contribution in [-0.2, 0) is 4.79 Å². The zero-order valence-corrected chi connectivity index (χ0v) is 10.1. The molecule has 17 heavy (non-hydrogen) atoms. The number of pyridine rings is 1. The molecule has 0 spiro atoms. The average Bonchev–Trinajstić information content (AvgIpc) is 2.34. The van der Waals surface area contributed by atoms with Gasteiger partial charge in [-0.15, -0.1) is 0 Å². The zero-order valence-electron chi connectivity index (χ0n) is 10.1. The van der Waals surface area contributed by atoms with Gasteiger partial charge in [-0.25, -0.2) is 4.98 Å². The number of nitrogens with one attached hydrogen (secondary N) is 1. The Morgan fingerprint density at radius 3 is 3.06 bits per heavy atom. The van der Waals surface area contributed by atoms with Crippen LogP contribution in [0.1, 0.15) is 19.8 Å². The van der Waals surface area contributed by atoms with Gasteiger partial charge >= 0.3 is 5.97 Å². The maximum absolute atomic E-state index is 10.6. The number of aromatic nitrogens is 1. The molecule has 1 atom stereocenters. The smallest absolute Gasteiger partial charge is 0.306 e. The lowest BCUT2D eigenvalue weighted by atomic mass is 10.1. The van der Waals surface area contributed by atoms with Crippen LogP contribution in [0.15, 0.2) is 18.3 Å². The van der Waals surface area contributed by atoms with E-state index in [1.807, 2.05) is 6.07 Å². The second-order valence-electron chi connectivity index (χ2n) is 3.90. The maximum Gasteiger partial charge on any atom is 0.306 e. The summed E-state index contributed by atoms with van der Waals surface area (Å²) < 4.78 is 5.00. The molecule has 0 aliphatic rings. The van der Waals surface area contributed by atoms with Gasteiger partial charge in [-0.3, -0.25) is 4.79 Å². The van der Waals surface area contributed by atoms with Crippen LogP contribution in [-0.4, -0.2) is 29.7 Å². The van der Waals surface area contributed by atoms with Gasteiger partial charge in [-0.2, -0.15) is 0 Å². The summed E-state index contributed by atoms with van der Waals surface area (Å²) in [5.41, 5.74) is 0.930. The molecule has 0 radical (unpaired) electrons. The summed E-state index contributed by atoms with van der Waals surface area (Å²) in [6.07, 6.45) is 3.16. The minimum Gasteiger partial charge on any atom is -0.481 e. The number of ether oxygens (including phenoxy) is 1. The van der Waals surface area contributed by atoms with Crippen LogP contribution in [0, 0.1) is 5.92 Å². The van der Waals surface area contributed by atoms with Crippen LogP contribution in [0.25, 0.3) is 0 Å². The second kappa shape index (κ2) is 6.73. The Labute approximate surface area is 101 Å². The van der Waals surface area contributed by atoms with Gasteiger partial charge < -0.3 is 15.2 Å². The molecular formula is C12H18N2O3. The highest BCUT2D eigenvalue weighted by molar-refractivity contribution is 5.69. The van der Waals surface area contributed by atoms with Crippen molar-refractivity contribution in [3.05, 3.63) is 18.3 Å². The van der Waals surface area contributed by atoms with E-state index in [4.69, 9.17) is 9.84 Å². The molecule has 1 unspecified atom stereocenters. The molecular weight excluding hydrogens is 220 g/mol. The highest BCUT2D eigenvalue weighted by atomic mass is 16.5. The average molecular weight is 238 g/mol. The third kappa shape index (κ3) is 4.72. The van der Waals surface area contributed by atoms with Gasteiger partial charge in [0.2, 0.25) is 5.88 Å². The SMILES string of the molecule is COc1cc(NCCCC(C)C(=O)O)ccn1. The number of carbonyl (C=O) groups is 1. The molecule has 0 amide bonds. The highest BCUT2D eigenvalue weighted by Crippen LogP contribution is 2.13. The summed E-state index contributed by atoms with van der Waals surface area (Å²) in [4.78, 5) is 14.6. The highest BCUT2D eigenvalue weighted by Gasteiger charge is 2.09. The van der Waals surface area contributed by atoms with Crippen LogP contribution >= 0.6 is 0 Å². The fourth-order valence-electron chi connectivity index (χ4n) is 1.40. The molecule has 5 nitrogen and oxygen atoms in total. The van der Waals surface area contributed by atoms with Crippen molar-refractivity contribution in [3.8, 4) is 5.88 Å². The van der Waals surface area contributed by atoms with Crippen molar-refractivity contribution in [2.45, 2.75) is 19.8 Å². The molecule has 0 saturated carbocycles. The summed E-state index contributed by atoms with van der Waals surface area (Å²) in [7, 11) is 1.57. The van der Waals surface area contributed by atoms with Crippen molar-refractivity contribution in [1.82, 2.24) is 4.98 Å². The minimum atomic E-state index is -0.740. The lowest BCUT2D eigenvalue weighted by Crippen LogP contribution is -2.11. The summed E-state index contributed by atoms with van der Waals surface area (Å²) in [5.74, 6) is -0.465. The Hall–Kier alpha value is -1.78. The molecule has 0 aliphatic heterocycles. The molecule has 0 saturated heterocycles. The monoisotopic (exact) mass is 238 g/mol. The van der Waals surface area contributed by atoms with E-state index in [9.17, 15) is 4.79 Å². The van der Waals surface area contributed by atoms with Crippen molar-refractivity contribution in [2.24, 2.45) is 5.92 Å². The van der Waals surface area contributed by atoms with Crippen molar-refractivity contribution < 1.29 is 14.6 Å². The standard InChI is InChI=1S/C12H18N2O3/c1-9(12(15)16)4-3-6-13-10-5-7-14-11(8-10)17-2/h5,7-9H,3-4,6H2,1-2H3,(H,13,14)(H,15,16). The van der Waals surface area contributed by atoms with Crippen LogP contribution in [0.2, 0.25) is 0 Å². The molecule has 1 aromatic heterocycles. The summed E-state index contributed by atoms with van der Waals surface area (Å²) in [5, 5.41) is 11.9. The van der Waals surface area contributed by atoms with Crippen LogP contribution in [0.4, 0.5) is 5.69 Å². The van der Waals surface area contributed by atoms with Crippen molar-refractivity contribution >= 4 is 11.7 Å². The maximum atomic E-state index is 10.6. The predicted molar refractivity (Wildman–Crippen MR) is 65.3 cm³/mol. The molecule has 94 valence electrons. The van der Waals surface area contributed by atoms with Crippen molar-refractivity contribution in [1.29, 1.82) is 0 Å². The van der Waals surface area contributed by atoms with E-state index in [-0.39, 0.29) is 5.92 Å². The van der Waals surface area contributed by atoms with Gasteiger partial charge in [-0.05, 0) is 18.9 Å². The Balaban J connectivity index is 2.28. The molecule has 2 N–H and O–H groups in total. The fourth-order valence-corrected chi connectivity index (χ4v) is 1.40. The van der Waals surface area contributed by atoms with Gasteiger partial charge in [-0.1, -0.05) is 6.92 Å². The van der Waals surface area contributed by atoms with E-state index >= 15 is 0 Å². The number of carboxylic acid groups (broad SMARTS) is 1. The minimum absolute atomic E-state index is 0.288. The van der Waals surface area contributed by atoms with Gasteiger partial charge in [0, 0.05) is 24.5 Å². The van der Waals surface area contributed by atoms with E-state index in [2.05, 4.69) is 10.3 Å². The number of anilines is 1. The summed E-state index contributed by atoms with van der Waals surface area (Å²) >= 11 is 0. The quantitative estimate of drug-likeness (QED) is 0.711. The normalized spacial score (nSPS) is 11.9. The lowest BCUT2D eigenvalue weighted by Gasteiger charge is -2.08. The van der Waals surface area contributed by atoms with Gasteiger partial charge in [0.05, 0.1) is 13.0 Å². The first-order valence-corrected chi connectivity index (χ1v) is 5.60. The Kier molecular flexibility index (Phi) is 5.26. The van der Waals surface area contributed by atoms with Gasteiger partial charge in [0.15, 0.2) is 0 Å². The predicted octanol–water partition coefficient (Wildman–Crippen LogP) is 2.00. The molecule has 1 heterocycles. The number of nitrogens with zero attached hydrogens (tertiary/aromatic N) is 1. The molecule has 1 rings (SSSR count). The second-order valence-corrected chi connectivity index (χ2v) is 3.90. The van der Waals surface area contributed by atoms with E-state index in [1.165, 1.54) is 0 Å². The third-order valence-corrected chi connectivity index (χ3v) is 2.51. The van der Waals surface area contributed by atoms with Crippen LogP contribution < -0.4 is 10.1 Å². The van der Waals surface area contributed by atoms with E-state index in [0.29, 0.717) is 12.3 Å².